The monoisotopic (exact) mass is 868 g/mol. The van der Waals surface area contributed by atoms with Gasteiger partial charge in [0.15, 0.2) is 12.4 Å². The van der Waals surface area contributed by atoms with Gasteiger partial charge in [0, 0.05) is 62.7 Å². The summed E-state index contributed by atoms with van der Waals surface area (Å²) in [6.45, 7) is 5.18. The van der Waals surface area contributed by atoms with Crippen LogP contribution in [0.1, 0.15) is 81.4 Å². The van der Waals surface area contributed by atoms with E-state index in [1.54, 1.807) is 19.3 Å². The van der Waals surface area contributed by atoms with Crippen molar-refractivity contribution in [2.45, 2.75) is 88.1 Å². The Balaban J connectivity index is 0.774. The van der Waals surface area contributed by atoms with E-state index in [-0.39, 0.29) is 29.2 Å². The second-order valence-electron chi connectivity index (χ2n) is 18.1. The van der Waals surface area contributed by atoms with E-state index in [0.717, 1.165) is 68.5 Å². The molecule has 2 amide bonds. The van der Waals surface area contributed by atoms with Crippen molar-refractivity contribution >= 4 is 68.4 Å². The fraction of sp³-hybridized carbons (Fsp3) is 0.511. The van der Waals surface area contributed by atoms with Gasteiger partial charge in [-0.15, -0.1) is 0 Å². The number of ether oxygens (including phenoxy) is 1. The number of anilines is 4. The Morgan fingerprint density at radius 1 is 0.968 bits per heavy atom. The number of nitrogens with one attached hydrogen (secondary N) is 3. The third-order valence-corrected chi connectivity index (χ3v) is 14.2. The quantitative estimate of drug-likeness (QED) is 0.141. The summed E-state index contributed by atoms with van der Waals surface area (Å²) >= 11 is 6.65. The number of fused-ring (bicyclic) bond motifs is 4. The first-order valence-electron chi connectivity index (χ1n) is 21.8. The molecule has 3 N–H and O–H groups in total. The van der Waals surface area contributed by atoms with Crippen LogP contribution in [0.2, 0.25) is 5.02 Å². The molecule has 0 radical (unpaired) electrons. The third-order valence-electron chi connectivity index (χ3n) is 14.0. The number of pyridine rings is 1. The van der Waals surface area contributed by atoms with E-state index in [2.05, 4.69) is 55.9 Å². The first-order valence-corrected chi connectivity index (χ1v) is 22.2. The van der Waals surface area contributed by atoms with Crippen molar-refractivity contribution in [3.05, 3.63) is 69.2 Å². The van der Waals surface area contributed by atoms with Gasteiger partial charge in [-0.05, 0) is 106 Å². The van der Waals surface area contributed by atoms with Gasteiger partial charge in [0.25, 0.3) is 5.56 Å². The number of piperidine rings is 3. The molecule has 2 aromatic carbocycles. The van der Waals surface area contributed by atoms with E-state index < -0.39 is 30.0 Å². The Morgan fingerprint density at radius 3 is 2.53 bits per heavy atom. The fourth-order valence-electron chi connectivity index (χ4n) is 10.2. The number of carbonyl (C=O) groups excluding carboxylic acids is 2. The minimum atomic E-state index is -3.13. The van der Waals surface area contributed by atoms with Gasteiger partial charge in [-0.1, -0.05) is 23.7 Å². The van der Waals surface area contributed by atoms with Crippen LogP contribution in [0.5, 0.6) is 5.75 Å². The molecule has 3 aromatic heterocycles. The Hall–Kier alpha value is -5.35. The Bertz CT molecular complexity index is 2660. The number of hydrogen-bond acceptors (Lipinski definition) is 11. The van der Waals surface area contributed by atoms with Crippen LogP contribution < -0.4 is 31.1 Å². The van der Waals surface area contributed by atoms with Crippen molar-refractivity contribution in [1.82, 2.24) is 34.5 Å². The standard InChI is InChI=1S/C45H51ClF2N10O4/c1-24-18-28(27-6-8-30-35(19-27)56(3)54-37(30)31-9-11-36(59)51-42(31)60)14-17-58(24)22-25-12-15-57(16-13-25)44-49-21-33(46)41(53-44)50-29-7-10-34-32(20-29)38-39(43(61)55(34)2)62-23-45(47,48)40(52-38)26-4-5-26/h6-8,10,19-21,24-26,28,31,40,52H,4-5,9,11-18,22-23H2,1-3H3,(H,49,50,53)(H,51,59,60)/t24-,28-,31?,40-/m0/s1. The molecule has 62 heavy (non-hydrogen) atoms. The summed E-state index contributed by atoms with van der Waals surface area (Å²) < 4.78 is 39.2. The minimum absolute atomic E-state index is 0.103. The number of benzene rings is 2. The first kappa shape index (κ1) is 40.7. The number of imide groups is 1. The van der Waals surface area contributed by atoms with E-state index in [1.165, 1.54) is 10.1 Å². The molecule has 1 saturated carbocycles. The van der Waals surface area contributed by atoms with E-state index in [1.807, 2.05) is 23.9 Å². The molecule has 4 aliphatic heterocycles. The second kappa shape index (κ2) is 15.8. The van der Waals surface area contributed by atoms with Gasteiger partial charge in [0.1, 0.15) is 5.02 Å². The van der Waals surface area contributed by atoms with Crippen molar-refractivity contribution in [3.63, 3.8) is 0 Å². The predicted octanol–water partition coefficient (Wildman–Crippen LogP) is 6.84. The molecule has 3 saturated heterocycles. The molecule has 0 spiro atoms. The zero-order valence-electron chi connectivity index (χ0n) is 35.1. The number of alkyl halides is 2. The molecule has 5 aromatic rings. The maximum atomic E-state index is 15.2. The van der Waals surface area contributed by atoms with E-state index in [0.29, 0.717) is 76.9 Å². The molecule has 7 heterocycles. The van der Waals surface area contributed by atoms with Crippen LogP contribution in [0.25, 0.3) is 21.8 Å². The maximum Gasteiger partial charge on any atom is 0.301 e. The smallest absolute Gasteiger partial charge is 0.301 e. The van der Waals surface area contributed by atoms with Crippen molar-refractivity contribution in [1.29, 1.82) is 0 Å². The highest BCUT2D eigenvalue weighted by molar-refractivity contribution is 6.33. The van der Waals surface area contributed by atoms with Crippen LogP contribution in [-0.4, -0.2) is 91.8 Å². The summed E-state index contributed by atoms with van der Waals surface area (Å²) in [5, 5.41) is 15.5. The van der Waals surface area contributed by atoms with Gasteiger partial charge in [-0.3, -0.25) is 24.4 Å². The predicted molar refractivity (Wildman–Crippen MR) is 234 cm³/mol. The van der Waals surface area contributed by atoms with Gasteiger partial charge in [-0.25, -0.2) is 13.8 Å². The third kappa shape index (κ3) is 7.52. The summed E-state index contributed by atoms with van der Waals surface area (Å²) in [7, 11) is 3.53. The average molecular weight is 869 g/mol. The summed E-state index contributed by atoms with van der Waals surface area (Å²) in [5.74, 6) is -2.33. The summed E-state index contributed by atoms with van der Waals surface area (Å²) in [4.78, 5) is 51.9. The molecular weight excluding hydrogens is 818 g/mol. The lowest BCUT2D eigenvalue weighted by atomic mass is 9.84. The Morgan fingerprint density at radius 2 is 1.77 bits per heavy atom. The van der Waals surface area contributed by atoms with Crippen LogP contribution >= 0.6 is 11.6 Å². The highest BCUT2D eigenvalue weighted by Gasteiger charge is 2.51. The summed E-state index contributed by atoms with van der Waals surface area (Å²) in [6.07, 6.45) is 7.97. The topological polar surface area (TPSA) is 152 Å². The minimum Gasteiger partial charge on any atom is -0.480 e. The van der Waals surface area contributed by atoms with Crippen molar-refractivity contribution < 1.29 is 23.1 Å². The number of nitrogens with zero attached hydrogens (tertiary/aromatic N) is 7. The molecular formula is C45H51ClF2N10O4. The number of likely N-dealkylation sites (tertiary alicyclic amines) is 1. The SMILES string of the molecule is C[C@H]1C[C@@H](c2ccc3c(C4CCC(=O)NC4=O)nn(C)c3c2)CCN1CC1CCN(c2ncc(Cl)c(Nc3ccc4c(c3)c3c(c(=O)n4C)OCC(F)(F)[C@H](C4CC4)N3)n2)CC1. The van der Waals surface area contributed by atoms with Crippen molar-refractivity contribution in [3.8, 4) is 5.75 Å². The number of halogens is 3. The van der Waals surface area contributed by atoms with E-state index in [4.69, 9.17) is 26.4 Å². The zero-order chi connectivity index (χ0) is 43.0. The largest absolute Gasteiger partial charge is 0.480 e. The van der Waals surface area contributed by atoms with Crippen molar-refractivity contribution in [2.24, 2.45) is 25.9 Å². The van der Waals surface area contributed by atoms with Gasteiger partial charge in [-0.2, -0.15) is 10.1 Å². The highest BCUT2D eigenvalue weighted by Crippen LogP contribution is 2.46. The molecule has 1 unspecified atom stereocenters. The lowest BCUT2D eigenvalue weighted by Gasteiger charge is -2.41. The van der Waals surface area contributed by atoms with E-state index >= 15 is 8.78 Å². The van der Waals surface area contributed by atoms with Crippen molar-refractivity contribution in [2.75, 3.05) is 48.3 Å². The average Bonchev–Trinajstić information content (AvgIpc) is 4.06. The summed E-state index contributed by atoms with van der Waals surface area (Å²) in [6, 6.07) is 11.3. The molecule has 5 aliphatic rings. The Kier molecular flexibility index (Phi) is 10.4. The van der Waals surface area contributed by atoms with Gasteiger partial charge in [0.2, 0.25) is 23.5 Å². The molecule has 4 atom stereocenters. The summed E-state index contributed by atoms with van der Waals surface area (Å²) in [5.41, 5.74) is 4.07. The lowest BCUT2D eigenvalue weighted by molar-refractivity contribution is -0.134. The molecule has 17 heteroatoms. The van der Waals surface area contributed by atoms with Crippen LogP contribution in [0.4, 0.5) is 31.9 Å². The first-order chi connectivity index (χ1) is 29.8. The van der Waals surface area contributed by atoms with Gasteiger partial charge in [0.05, 0.1) is 40.6 Å². The van der Waals surface area contributed by atoms with Crippen LogP contribution in [0.15, 0.2) is 47.4 Å². The number of carbonyl (C=O) groups is 2. The highest BCUT2D eigenvalue weighted by atomic mass is 35.5. The maximum absolute atomic E-state index is 15.2. The number of hydrogen-bond donors (Lipinski definition) is 3. The zero-order valence-corrected chi connectivity index (χ0v) is 35.9. The van der Waals surface area contributed by atoms with Gasteiger partial charge >= 0.3 is 5.92 Å². The Labute approximate surface area is 362 Å². The van der Waals surface area contributed by atoms with Gasteiger partial charge < -0.3 is 29.7 Å². The number of rotatable bonds is 8. The number of aryl methyl sites for hydroxylation is 2. The molecule has 10 rings (SSSR count). The molecule has 1 aliphatic carbocycles. The van der Waals surface area contributed by atoms with Crippen LogP contribution in [-0.2, 0) is 23.7 Å². The number of aromatic nitrogens is 5. The normalized spacial score (nSPS) is 24.6. The van der Waals surface area contributed by atoms with E-state index in [9.17, 15) is 14.4 Å². The molecule has 326 valence electrons. The molecule has 0 bridgehead atoms. The molecule has 14 nitrogen and oxygen atoms in total. The fourth-order valence-corrected chi connectivity index (χ4v) is 10.4. The van der Waals surface area contributed by atoms with Crippen LogP contribution in [0.3, 0.4) is 0 Å². The molecule has 4 fully saturated rings. The van der Waals surface area contributed by atoms with Crippen LogP contribution in [0, 0.1) is 11.8 Å². The number of amides is 2. The lowest BCUT2D eigenvalue weighted by Crippen LogP contribution is -2.45. The second-order valence-corrected chi connectivity index (χ2v) is 18.5.